The van der Waals surface area contributed by atoms with Gasteiger partial charge >= 0.3 is 0 Å². The summed E-state index contributed by atoms with van der Waals surface area (Å²) >= 11 is 0. The summed E-state index contributed by atoms with van der Waals surface area (Å²) < 4.78 is 0. The first-order valence-corrected chi connectivity index (χ1v) is 3.13. The van der Waals surface area contributed by atoms with Gasteiger partial charge in [-0.2, -0.15) is 0 Å². The van der Waals surface area contributed by atoms with E-state index in [2.05, 4.69) is 13.2 Å². The summed E-state index contributed by atoms with van der Waals surface area (Å²) in [6, 6.07) is 0. The van der Waals surface area contributed by atoms with Crippen molar-refractivity contribution >= 4 is 0 Å². The van der Waals surface area contributed by atoms with Gasteiger partial charge in [-0.15, -0.1) is 13.2 Å². The van der Waals surface area contributed by atoms with Gasteiger partial charge in [-0.05, 0) is 18.8 Å². The summed E-state index contributed by atoms with van der Waals surface area (Å²) in [7, 11) is 0. The Hall–Kier alpha value is -0.560. The van der Waals surface area contributed by atoms with Crippen molar-refractivity contribution in [3.05, 3.63) is 31.9 Å². The second kappa shape index (κ2) is 5.57. The van der Waals surface area contributed by atoms with Gasteiger partial charge in [0.25, 0.3) is 0 Å². The zero-order chi connectivity index (χ0) is 7.11. The summed E-state index contributed by atoms with van der Waals surface area (Å²) in [5, 5.41) is 0. The predicted octanol–water partition coefficient (Wildman–Crippen LogP) is 1.88. The third-order valence-electron chi connectivity index (χ3n) is 1.27. The molecule has 0 spiro atoms. The van der Waals surface area contributed by atoms with Crippen LogP contribution in [-0.2, 0) is 0 Å². The van der Waals surface area contributed by atoms with E-state index >= 15 is 0 Å². The SMILES string of the molecule is C=CC(C=C)CC[CH]N. The number of rotatable bonds is 5. The molecule has 1 radical (unpaired) electrons. The van der Waals surface area contributed by atoms with E-state index in [4.69, 9.17) is 5.73 Å². The molecule has 0 saturated carbocycles. The molecule has 0 aromatic heterocycles. The lowest BCUT2D eigenvalue weighted by molar-refractivity contribution is 0.699. The smallest absolute Gasteiger partial charge is 0.0192 e. The Morgan fingerprint density at radius 2 is 1.89 bits per heavy atom. The largest absolute Gasteiger partial charge is 0.326 e. The molecule has 0 unspecified atom stereocenters. The lowest BCUT2D eigenvalue weighted by Gasteiger charge is -2.02. The Kier molecular flexibility index (Phi) is 5.23. The first-order valence-electron chi connectivity index (χ1n) is 3.13. The molecule has 0 atom stereocenters. The number of allylic oxidation sites excluding steroid dienone is 2. The van der Waals surface area contributed by atoms with Crippen molar-refractivity contribution in [3.63, 3.8) is 0 Å². The third kappa shape index (κ3) is 3.98. The van der Waals surface area contributed by atoms with E-state index < -0.39 is 0 Å². The summed E-state index contributed by atoms with van der Waals surface area (Å²) in [6.07, 6.45) is 5.74. The zero-order valence-electron chi connectivity index (χ0n) is 5.72. The van der Waals surface area contributed by atoms with E-state index in [1.54, 1.807) is 6.54 Å². The second-order valence-corrected chi connectivity index (χ2v) is 1.95. The van der Waals surface area contributed by atoms with Crippen molar-refractivity contribution in [2.75, 3.05) is 0 Å². The van der Waals surface area contributed by atoms with Gasteiger partial charge in [0.1, 0.15) is 0 Å². The standard InChI is InChI=1S/C8H14N/c1-3-8(4-2)6-5-7-9/h3-4,7-8H,1-2,5-6,9H2. The molecule has 0 aliphatic carbocycles. The molecule has 1 heteroatoms. The summed E-state index contributed by atoms with van der Waals surface area (Å²) in [6.45, 7) is 8.98. The first kappa shape index (κ1) is 8.44. The topological polar surface area (TPSA) is 26.0 Å². The van der Waals surface area contributed by atoms with E-state index in [-0.39, 0.29) is 0 Å². The van der Waals surface area contributed by atoms with Gasteiger partial charge in [0, 0.05) is 6.54 Å². The van der Waals surface area contributed by atoms with E-state index in [1.807, 2.05) is 12.2 Å². The van der Waals surface area contributed by atoms with Crippen molar-refractivity contribution in [3.8, 4) is 0 Å². The van der Waals surface area contributed by atoms with Gasteiger partial charge in [-0.3, -0.25) is 0 Å². The van der Waals surface area contributed by atoms with Crippen LogP contribution in [-0.4, -0.2) is 0 Å². The zero-order valence-corrected chi connectivity index (χ0v) is 5.72. The van der Waals surface area contributed by atoms with Gasteiger partial charge in [-0.1, -0.05) is 12.2 Å². The highest BCUT2D eigenvalue weighted by molar-refractivity contribution is 4.92. The van der Waals surface area contributed by atoms with E-state index in [0.717, 1.165) is 12.8 Å². The average molecular weight is 124 g/mol. The molecule has 1 nitrogen and oxygen atoms in total. The van der Waals surface area contributed by atoms with Crippen LogP contribution in [0.25, 0.3) is 0 Å². The Labute approximate surface area is 57.3 Å². The minimum absolute atomic E-state index is 0.421. The molecule has 0 aliphatic heterocycles. The minimum atomic E-state index is 0.421. The molecular formula is C8H14N. The molecule has 51 valence electrons. The average Bonchev–Trinajstić information content (AvgIpc) is 1.91. The highest BCUT2D eigenvalue weighted by atomic mass is 14.5. The minimum Gasteiger partial charge on any atom is -0.326 e. The Morgan fingerprint density at radius 3 is 2.22 bits per heavy atom. The maximum Gasteiger partial charge on any atom is 0.0192 e. The third-order valence-corrected chi connectivity index (χ3v) is 1.27. The lowest BCUT2D eigenvalue weighted by Crippen LogP contribution is -1.95. The molecular weight excluding hydrogens is 110 g/mol. The van der Waals surface area contributed by atoms with Crippen LogP contribution < -0.4 is 5.73 Å². The molecule has 2 N–H and O–H groups in total. The molecule has 0 aromatic carbocycles. The molecule has 0 aliphatic rings. The molecule has 0 rings (SSSR count). The molecule has 0 aromatic rings. The van der Waals surface area contributed by atoms with Crippen LogP contribution in [0.1, 0.15) is 12.8 Å². The molecule has 0 bridgehead atoms. The quantitative estimate of drug-likeness (QED) is 0.556. The summed E-state index contributed by atoms with van der Waals surface area (Å²) in [5.41, 5.74) is 5.19. The predicted molar refractivity (Wildman–Crippen MR) is 41.6 cm³/mol. The highest BCUT2D eigenvalue weighted by Crippen LogP contribution is 2.07. The van der Waals surface area contributed by atoms with Crippen molar-refractivity contribution in [1.82, 2.24) is 0 Å². The number of hydrogen-bond acceptors (Lipinski definition) is 1. The van der Waals surface area contributed by atoms with Crippen LogP contribution in [0.15, 0.2) is 25.3 Å². The van der Waals surface area contributed by atoms with Crippen LogP contribution in [0, 0.1) is 12.5 Å². The molecule has 9 heavy (non-hydrogen) atoms. The highest BCUT2D eigenvalue weighted by Gasteiger charge is 1.94. The van der Waals surface area contributed by atoms with Crippen LogP contribution in [0.4, 0.5) is 0 Å². The van der Waals surface area contributed by atoms with E-state index in [0.29, 0.717) is 5.92 Å². The monoisotopic (exact) mass is 124 g/mol. The van der Waals surface area contributed by atoms with E-state index in [9.17, 15) is 0 Å². The first-order chi connectivity index (χ1) is 4.35. The fourth-order valence-corrected chi connectivity index (χ4v) is 0.621. The van der Waals surface area contributed by atoms with Crippen molar-refractivity contribution in [1.29, 1.82) is 0 Å². The Balaban J connectivity index is 3.30. The van der Waals surface area contributed by atoms with Gasteiger partial charge < -0.3 is 5.73 Å². The normalized spacial score (nSPS) is 9.56. The number of hydrogen-bond donors (Lipinski definition) is 1. The van der Waals surface area contributed by atoms with Crippen LogP contribution in [0.5, 0.6) is 0 Å². The van der Waals surface area contributed by atoms with Crippen LogP contribution in [0.3, 0.4) is 0 Å². The molecule has 0 saturated heterocycles. The molecule has 0 heterocycles. The van der Waals surface area contributed by atoms with Gasteiger partial charge in [0.15, 0.2) is 0 Å². The van der Waals surface area contributed by atoms with E-state index in [1.165, 1.54) is 0 Å². The van der Waals surface area contributed by atoms with Crippen LogP contribution in [0.2, 0.25) is 0 Å². The number of nitrogens with two attached hydrogens (primary N) is 1. The Morgan fingerprint density at radius 1 is 1.33 bits per heavy atom. The maximum atomic E-state index is 5.19. The van der Waals surface area contributed by atoms with Crippen molar-refractivity contribution in [2.24, 2.45) is 11.7 Å². The maximum absolute atomic E-state index is 5.19. The van der Waals surface area contributed by atoms with Crippen LogP contribution >= 0.6 is 0 Å². The van der Waals surface area contributed by atoms with Gasteiger partial charge in [0.05, 0.1) is 0 Å². The fourth-order valence-electron chi connectivity index (χ4n) is 0.621. The summed E-state index contributed by atoms with van der Waals surface area (Å²) in [4.78, 5) is 0. The fraction of sp³-hybridized carbons (Fsp3) is 0.375. The Bertz CT molecular complexity index is 78.6. The van der Waals surface area contributed by atoms with Gasteiger partial charge in [0.2, 0.25) is 0 Å². The van der Waals surface area contributed by atoms with Gasteiger partial charge in [-0.25, -0.2) is 0 Å². The molecule has 0 amide bonds. The van der Waals surface area contributed by atoms with Crippen molar-refractivity contribution in [2.45, 2.75) is 12.8 Å². The lowest BCUT2D eigenvalue weighted by atomic mass is 10.0. The van der Waals surface area contributed by atoms with Crippen molar-refractivity contribution < 1.29 is 0 Å². The summed E-state index contributed by atoms with van der Waals surface area (Å²) in [5.74, 6) is 0.421. The second-order valence-electron chi connectivity index (χ2n) is 1.95. The molecule has 0 fully saturated rings.